The van der Waals surface area contributed by atoms with E-state index in [1.54, 1.807) is 49.5 Å². The van der Waals surface area contributed by atoms with Crippen LogP contribution in [0.3, 0.4) is 0 Å². The number of aliphatic carboxylic acids is 1. The van der Waals surface area contributed by atoms with E-state index >= 15 is 0 Å². The largest absolute Gasteiger partial charge is 0.508 e. The quantitative estimate of drug-likeness (QED) is 0.0270. The Morgan fingerprint density at radius 1 is 0.875 bits per heavy atom. The second-order valence-corrected chi connectivity index (χ2v) is 20.6. The van der Waals surface area contributed by atoms with Crippen LogP contribution < -0.4 is 43.4 Å². The fourth-order valence-corrected chi connectivity index (χ4v) is 11.5. The monoisotopic (exact) mass is 1030 g/mol. The second kappa shape index (κ2) is 26.5. The van der Waals surface area contributed by atoms with Crippen LogP contribution in [0, 0.1) is 0 Å². The van der Waals surface area contributed by atoms with Gasteiger partial charge < -0.3 is 68.4 Å². The highest BCUT2D eigenvalue weighted by molar-refractivity contribution is 8.76. The number of aromatic nitrogens is 2. The molecule has 0 radical (unpaired) electrons. The Morgan fingerprint density at radius 2 is 1.61 bits per heavy atom. The summed E-state index contributed by atoms with van der Waals surface area (Å²) >= 11 is 0. The number of fused-ring (bicyclic) bond motifs is 2. The number of aromatic hydroxyl groups is 1. The van der Waals surface area contributed by atoms with Gasteiger partial charge in [-0.3, -0.25) is 38.6 Å². The summed E-state index contributed by atoms with van der Waals surface area (Å²) in [6.45, 7) is 0.433. The van der Waals surface area contributed by atoms with Gasteiger partial charge in [0.05, 0.1) is 12.9 Å². The molecule has 3 fully saturated rings. The molecule has 4 heterocycles. The Bertz CT molecular complexity index is 2390. The van der Waals surface area contributed by atoms with Crippen LogP contribution in [-0.4, -0.2) is 170 Å². The number of nitrogens with zero attached hydrogens (tertiary/aromatic N) is 4. The first-order chi connectivity index (χ1) is 34.6. The predicted molar refractivity (Wildman–Crippen MR) is 269 cm³/mol. The Kier molecular flexibility index (Phi) is 20.1. The van der Waals surface area contributed by atoms with E-state index in [-0.39, 0.29) is 88.1 Å². The number of carboxylic acids is 1. The van der Waals surface area contributed by atoms with E-state index in [2.05, 4.69) is 46.9 Å². The summed E-state index contributed by atoms with van der Waals surface area (Å²) in [7, 11) is 4.39. The molecule has 0 spiro atoms. The van der Waals surface area contributed by atoms with E-state index in [0.29, 0.717) is 35.4 Å². The molecule has 388 valence electrons. The number of H-pyrrole nitrogens is 1. The predicted octanol–water partition coefficient (Wildman–Crippen LogP) is -1.33. The number of imidazole rings is 1. The number of carbonyl (C=O) groups excluding carboxylic acids is 7. The molecule has 8 atom stereocenters. The maximum atomic E-state index is 14.6. The first-order valence-corrected chi connectivity index (χ1v) is 26.1. The van der Waals surface area contributed by atoms with Gasteiger partial charge in [-0.05, 0) is 68.8 Å². The van der Waals surface area contributed by atoms with Crippen molar-refractivity contribution in [2.24, 2.45) is 16.5 Å². The van der Waals surface area contributed by atoms with Gasteiger partial charge >= 0.3 is 5.97 Å². The van der Waals surface area contributed by atoms with Crippen molar-refractivity contribution in [1.82, 2.24) is 51.7 Å². The smallest absolute Gasteiger partial charge is 0.326 e. The van der Waals surface area contributed by atoms with Gasteiger partial charge in [0, 0.05) is 61.8 Å². The van der Waals surface area contributed by atoms with E-state index in [9.17, 15) is 48.6 Å². The van der Waals surface area contributed by atoms with Crippen molar-refractivity contribution in [3.05, 3.63) is 83.9 Å². The van der Waals surface area contributed by atoms with Crippen LogP contribution >= 0.6 is 21.6 Å². The normalized spacial score (nSPS) is 21.5. The average Bonchev–Trinajstić information content (AvgIpc) is 4.16. The van der Waals surface area contributed by atoms with Crippen molar-refractivity contribution in [1.29, 1.82) is 0 Å². The number of hydrogen-bond acceptors (Lipinski definition) is 14. The van der Waals surface area contributed by atoms with Gasteiger partial charge in [0.25, 0.3) is 0 Å². The molecular weight excluding hydrogens is 971 g/mol. The molecule has 23 nitrogen and oxygen atoms in total. The molecule has 2 aromatic carbocycles. The third-order valence-electron chi connectivity index (χ3n) is 12.4. The number of nitrogens with one attached hydrogen (secondary N) is 7. The summed E-state index contributed by atoms with van der Waals surface area (Å²) in [6.07, 6.45) is 4.27. The van der Waals surface area contributed by atoms with Crippen LogP contribution in [0.25, 0.3) is 0 Å². The van der Waals surface area contributed by atoms with Crippen molar-refractivity contribution < 1.29 is 48.6 Å². The summed E-state index contributed by atoms with van der Waals surface area (Å²) in [5.74, 6) is -5.35. The average molecular weight is 1030 g/mol. The zero-order valence-electron chi connectivity index (χ0n) is 39.8. The molecule has 3 aliphatic rings. The fourth-order valence-electron chi connectivity index (χ4n) is 8.83. The first kappa shape index (κ1) is 54.5. The SMILES string of the molecule is CNCC(=O)N[C@@H](CCCN=C(N)N)C(=O)N1C[C@@H]2C[C@H]1C(=O)N[C@@H](Cc1ccc(O)cc1)C(=O)N[C@H](C(=O)N[C@@H](Cc1cnc[nH]1)C(=O)N1CCC[C@H]1C(=O)N[C@@H](Cc1ccccc1)C(=O)O)CCSS2. The van der Waals surface area contributed by atoms with Crippen molar-refractivity contribution in [3.63, 3.8) is 0 Å². The number of rotatable bonds is 20. The molecule has 72 heavy (non-hydrogen) atoms. The molecule has 3 aromatic rings. The Labute approximate surface area is 424 Å². The molecule has 3 saturated heterocycles. The summed E-state index contributed by atoms with van der Waals surface area (Å²) < 4.78 is 0. The molecule has 13 N–H and O–H groups in total. The third kappa shape index (κ3) is 15.6. The summed E-state index contributed by atoms with van der Waals surface area (Å²) in [4.78, 5) is 125. The van der Waals surface area contributed by atoms with Gasteiger partial charge in [0.2, 0.25) is 41.4 Å². The number of aromatic amines is 1. The van der Waals surface area contributed by atoms with Gasteiger partial charge in [-0.1, -0.05) is 64.1 Å². The maximum Gasteiger partial charge on any atom is 0.326 e. The minimum absolute atomic E-state index is 0.0201. The van der Waals surface area contributed by atoms with Crippen LogP contribution in [0.5, 0.6) is 5.75 Å². The molecule has 25 heteroatoms. The fraction of sp³-hybridized carbons (Fsp3) is 0.489. The third-order valence-corrected chi connectivity index (χ3v) is 15.3. The molecule has 1 aromatic heterocycles. The molecule has 0 aliphatic carbocycles. The number of carbonyl (C=O) groups is 8. The van der Waals surface area contributed by atoms with Crippen LogP contribution in [0.4, 0.5) is 0 Å². The number of likely N-dealkylation sites (tertiary alicyclic amines) is 2. The second-order valence-electron chi connectivity index (χ2n) is 17.8. The highest BCUT2D eigenvalue weighted by Gasteiger charge is 2.44. The van der Waals surface area contributed by atoms with Crippen LogP contribution in [-0.2, 0) is 57.6 Å². The summed E-state index contributed by atoms with van der Waals surface area (Å²) in [6, 6.07) is 6.69. The highest BCUT2D eigenvalue weighted by Crippen LogP contribution is 2.37. The lowest BCUT2D eigenvalue weighted by molar-refractivity contribution is -0.145. The lowest BCUT2D eigenvalue weighted by atomic mass is 10.0. The van der Waals surface area contributed by atoms with E-state index in [1.807, 2.05) is 0 Å². The van der Waals surface area contributed by atoms with Gasteiger partial charge in [0.1, 0.15) is 48.0 Å². The van der Waals surface area contributed by atoms with Crippen LogP contribution in [0.15, 0.2) is 72.1 Å². The highest BCUT2D eigenvalue weighted by atomic mass is 33.1. The van der Waals surface area contributed by atoms with Crippen LogP contribution in [0.1, 0.15) is 55.3 Å². The van der Waals surface area contributed by atoms with E-state index in [4.69, 9.17) is 11.5 Å². The molecule has 3 aliphatic heterocycles. The maximum absolute atomic E-state index is 14.6. The van der Waals surface area contributed by atoms with Gasteiger partial charge in [-0.2, -0.15) is 0 Å². The number of carboxylic acid groups (broad SMARTS) is 1. The van der Waals surface area contributed by atoms with Crippen molar-refractivity contribution in [3.8, 4) is 5.75 Å². The number of amides is 7. The Balaban J connectivity index is 1.22. The first-order valence-electron chi connectivity index (χ1n) is 23.7. The molecule has 0 saturated carbocycles. The summed E-state index contributed by atoms with van der Waals surface area (Å²) in [5.41, 5.74) is 12.7. The Morgan fingerprint density at radius 3 is 2.31 bits per heavy atom. The molecule has 0 unspecified atom stereocenters. The van der Waals surface area contributed by atoms with Crippen LogP contribution in [0.2, 0.25) is 0 Å². The van der Waals surface area contributed by atoms with E-state index < -0.39 is 89.6 Å². The van der Waals surface area contributed by atoms with Crippen molar-refractivity contribution >= 4 is 74.9 Å². The number of hydrogen-bond donors (Lipinski definition) is 11. The minimum atomic E-state index is -1.30. The van der Waals surface area contributed by atoms with E-state index in [0.717, 1.165) is 0 Å². The number of benzene rings is 2. The molecular formula is C47H63N13O10S2. The van der Waals surface area contributed by atoms with Gasteiger partial charge in [0.15, 0.2) is 5.96 Å². The zero-order chi connectivity index (χ0) is 51.7. The number of phenols is 1. The van der Waals surface area contributed by atoms with Crippen molar-refractivity contribution in [2.45, 2.75) is 105 Å². The minimum Gasteiger partial charge on any atom is -0.508 e. The van der Waals surface area contributed by atoms with E-state index in [1.165, 1.54) is 56.0 Å². The molecule has 7 amide bonds. The van der Waals surface area contributed by atoms with Gasteiger partial charge in [-0.15, -0.1) is 0 Å². The lowest BCUT2D eigenvalue weighted by Crippen LogP contribution is -2.60. The molecule has 2 bridgehead atoms. The van der Waals surface area contributed by atoms with Crippen molar-refractivity contribution in [2.75, 3.05) is 39.0 Å². The summed E-state index contributed by atoms with van der Waals surface area (Å²) in [5, 5.41) is 36.4. The number of phenolic OH excluding ortho intramolecular Hbond substituents is 1. The number of likely N-dealkylation sites (N-methyl/N-ethyl adjacent to an activating group) is 1. The standard InChI is InChI=1S/C47H63N13O10S2/c1-50-24-39(62)54-33(9-5-16-52-47(48)49)44(67)60-25-31-22-38(60)43(66)56-34(19-28-11-13-30(61)14-12-28)41(64)55-32(15-18-71-72-31)40(63)57-35(21-29-23-51-26-53-29)45(68)59-17-6-10-37(59)42(65)58-36(46(69)70)20-27-7-3-2-4-8-27/h2-4,7-8,11-14,23,26,31-38,50,61H,5-6,9-10,15-22,24-25H2,1H3,(H,51,53)(H,54,62)(H,55,64)(H,56,66)(H,57,63)(H,58,65)(H,69,70)(H4,48,49,52)/t31-,32-,33-,34-,35-,36-,37-,38-/m0/s1. The number of nitrogens with two attached hydrogens (primary N) is 2. The molecule has 6 rings (SSSR count). The number of aliphatic imine (C=N–C) groups is 1. The topological polar surface area (TPSA) is 349 Å². The number of guanidine groups is 1. The van der Waals surface area contributed by atoms with Gasteiger partial charge in [-0.25, -0.2) is 9.78 Å². The zero-order valence-corrected chi connectivity index (χ0v) is 41.4. The Hall–Kier alpha value is -6.86. The lowest BCUT2D eigenvalue weighted by Gasteiger charge is -2.31.